The summed E-state index contributed by atoms with van der Waals surface area (Å²) < 4.78 is 76.3. The summed E-state index contributed by atoms with van der Waals surface area (Å²) in [5.74, 6) is 3.75. The third-order valence-electron chi connectivity index (χ3n) is 3.68. The van der Waals surface area contributed by atoms with E-state index in [2.05, 4.69) is 17.2 Å². The van der Waals surface area contributed by atoms with E-state index in [1.807, 2.05) is 0 Å². The number of hydrogen-bond acceptors (Lipinski definition) is 3. The predicted octanol–water partition coefficient (Wildman–Crippen LogP) is 2.63. The second-order valence-corrected chi connectivity index (χ2v) is 7.92. The Morgan fingerprint density at radius 1 is 1.14 bits per heavy atom. The molecule has 0 aromatic heterocycles. The van der Waals surface area contributed by atoms with Crippen molar-refractivity contribution in [3.8, 4) is 11.8 Å². The van der Waals surface area contributed by atoms with Crippen LogP contribution in [0.1, 0.15) is 11.1 Å². The fraction of sp³-hybridized carbons (Fsp3) is 0.211. The van der Waals surface area contributed by atoms with E-state index >= 15 is 0 Å². The first-order chi connectivity index (χ1) is 13.5. The largest absolute Gasteiger partial charge is 0.416 e. The van der Waals surface area contributed by atoms with Gasteiger partial charge in [0.05, 0.1) is 23.5 Å². The molecule has 0 bridgehead atoms. The molecule has 2 rings (SSSR count). The van der Waals surface area contributed by atoms with Crippen molar-refractivity contribution < 1.29 is 30.8 Å². The quantitative estimate of drug-likeness (QED) is 0.588. The number of carbonyl (C=O) groups excluding carboxylic acids is 1. The summed E-state index contributed by atoms with van der Waals surface area (Å²) in [4.78, 5) is 11.7. The molecule has 10 heteroatoms. The Labute approximate surface area is 165 Å². The van der Waals surface area contributed by atoms with E-state index < -0.39 is 40.0 Å². The van der Waals surface area contributed by atoms with E-state index in [-0.39, 0.29) is 17.0 Å². The Morgan fingerprint density at radius 2 is 1.79 bits per heavy atom. The Balaban J connectivity index is 1.92. The van der Waals surface area contributed by atoms with Crippen LogP contribution in [0.4, 0.5) is 17.6 Å². The highest BCUT2D eigenvalue weighted by Crippen LogP contribution is 2.29. The van der Waals surface area contributed by atoms with Crippen LogP contribution >= 0.6 is 0 Å². The lowest BCUT2D eigenvalue weighted by atomic mass is 10.1. The van der Waals surface area contributed by atoms with Gasteiger partial charge in [0.25, 0.3) is 0 Å². The Bertz CT molecular complexity index is 1040. The molecule has 0 atom stereocenters. The van der Waals surface area contributed by atoms with E-state index in [0.29, 0.717) is 0 Å². The van der Waals surface area contributed by atoms with E-state index in [4.69, 9.17) is 0 Å². The average molecular weight is 428 g/mol. The van der Waals surface area contributed by atoms with Crippen LogP contribution in [0, 0.1) is 17.7 Å². The van der Waals surface area contributed by atoms with E-state index in [1.165, 1.54) is 19.2 Å². The number of hydrogen-bond donors (Lipinski definition) is 1. The number of carbonyl (C=O) groups is 1. The number of sulfonamides is 1. The van der Waals surface area contributed by atoms with Crippen LogP contribution in [0.5, 0.6) is 0 Å². The van der Waals surface area contributed by atoms with Crippen LogP contribution in [0.15, 0.2) is 53.4 Å². The van der Waals surface area contributed by atoms with Crippen LogP contribution < -0.4 is 5.32 Å². The van der Waals surface area contributed by atoms with Crippen LogP contribution in [0.2, 0.25) is 0 Å². The lowest BCUT2D eigenvalue weighted by molar-refractivity contribution is -0.137. The standard InChI is InChI=1S/C19H16F4N2O3S/c1-25(29(27,28)17-9-7-16(20)8-10-17)13-18(26)24-11-3-5-14-4-2-6-15(12-14)19(21,22)23/h2,4,6-10,12H,11,13H2,1H3,(H,24,26). The minimum atomic E-state index is -4.48. The predicted molar refractivity (Wildman–Crippen MR) is 97.5 cm³/mol. The van der Waals surface area contributed by atoms with Gasteiger partial charge < -0.3 is 5.32 Å². The van der Waals surface area contributed by atoms with Crippen LogP contribution in [0.3, 0.4) is 0 Å². The van der Waals surface area contributed by atoms with Gasteiger partial charge in [0.15, 0.2) is 0 Å². The SMILES string of the molecule is CN(CC(=O)NCC#Cc1cccc(C(F)(F)F)c1)S(=O)(=O)c1ccc(F)cc1. The summed E-state index contributed by atoms with van der Waals surface area (Å²) in [5.41, 5.74) is -0.703. The normalized spacial score (nSPS) is 11.7. The maximum atomic E-state index is 12.9. The molecular formula is C19H16F4N2O3S. The molecule has 0 spiro atoms. The molecule has 2 aromatic rings. The lowest BCUT2D eigenvalue weighted by Gasteiger charge is -2.16. The average Bonchev–Trinajstić information content (AvgIpc) is 2.65. The van der Waals surface area contributed by atoms with Crippen molar-refractivity contribution in [3.05, 3.63) is 65.5 Å². The summed E-state index contributed by atoms with van der Waals surface area (Å²) in [6.45, 7) is -0.690. The van der Waals surface area contributed by atoms with Gasteiger partial charge >= 0.3 is 6.18 Å². The van der Waals surface area contributed by atoms with E-state index in [1.54, 1.807) is 0 Å². The fourth-order valence-electron chi connectivity index (χ4n) is 2.19. The number of halogens is 4. The first-order valence-electron chi connectivity index (χ1n) is 8.15. The van der Waals surface area contributed by atoms with Crippen molar-refractivity contribution in [3.63, 3.8) is 0 Å². The van der Waals surface area contributed by atoms with Gasteiger partial charge in [-0.2, -0.15) is 17.5 Å². The molecule has 1 N–H and O–H groups in total. The van der Waals surface area contributed by atoms with Crippen molar-refractivity contribution in [2.45, 2.75) is 11.1 Å². The van der Waals surface area contributed by atoms with Crippen LogP contribution in [-0.2, 0) is 21.0 Å². The van der Waals surface area contributed by atoms with Gasteiger partial charge in [-0.1, -0.05) is 17.9 Å². The topological polar surface area (TPSA) is 66.5 Å². The van der Waals surface area contributed by atoms with Crippen LogP contribution in [-0.4, -0.2) is 38.8 Å². The molecule has 1 amide bonds. The maximum Gasteiger partial charge on any atom is 0.416 e. The van der Waals surface area contributed by atoms with Crippen molar-refractivity contribution >= 4 is 15.9 Å². The minimum Gasteiger partial charge on any atom is -0.344 e. The zero-order valence-corrected chi connectivity index (χ0v) is 15.9. The number of likely N-dealkylation sites (N-methyl/N-ethyl adjacent to an activating group) is 1. The highest BCUT2D eigenvalue weighted by atomic mass is 32.2. The third-order valence-corrected chi connectivity index (χ3v) is 5.50. The molecule has 0 radical (unpaired) electrons. The summed E-state index contributed by atoms with van der Waals surface area (Å²) in [6, 6.07) is 8.57. The molecule has 2 aromatic carbocycles. The molecule has 154 valence electrons. The van der Waals surface area contributed by atoms with E-state index in [0.717, 1.165) is 40.7 Å². The molecule has 0 saturated carbocycles. The Morgan fingerprint density at radius 3 is 2.41 bits per heavy atom. The first kappa shape index (κ1) is 22.4. The third kappa shape index (κ3) is 6.30. The number of amides is 1. The maximum absolute atomic E-state index is 12.9. The molecule has 0 unspecified atom stereocenters. The van der Waals surface area contributed by atoms with Gasteiger partial charge in [0, 0.05) is 12.6 Å². The van der Waals surface area contributed by atoms with Gasteiger partial charge in [0.1, 0.15) is 5.82 Å². The minimum absolute atomic E-state index is 0.130. The van der Waals surface area contributed by atoms with E-state index in [9.17, 15) is 30.8 Å². The summed E-state index contributed by atoms with van der Waals surface area (Å²) in [7, 11) is -2.79. The summed E-state index contributed by atoms with van der Waals surface area (Å²) in [6.07, 6.45) is -4.48. The van der Waals surface area contributed by atoms with Crippen molar-refractivity contribution in [1.82, 2.24) is 9.62 Å². The highest BCUT2D eigenvalue weighted by Gasteiger charge is 2.30. The van der Waals surface area contributed by atoms with Gasteiger partial charge in [0.2, 0.25) is 15.9 Å². The molecule has 0 aliphatic carbocycles. The van der Waals surface area contributed by atoms with Gasteiger partial charge in [-0.3, -0.25) is 4.79 Å². The second kappa shape index (κ2) is 9.07. The van der Waals surface area contributed by atoms with Gasteiger partial charge in [-0.15, -0.1) is 0 Å². The molecule has 0 heterocycles. The molecule has 0 fully saturated rings. The zero-order chi connectivity index (χ0) is 21.7. The summed E-state index contributed by atoms with van der Waals surface area (Å²) >= 11 is 0. The smallest absolute Gasteiger partial charge is 0.344 e. The van der Waals surface area contributed by atoms with Gasteiger partial charge in [-0.25, -0.2) is 12.8 Å². The van der Waals surface area contributed by atoms with Crippen molar-refractivity contribution in [2.75, 3.05) is 20.1 Å². The zero-order valence-electron chi connectivity index (χ0n) is 15.1. The molecule has 0 aliphatic heterocycles. The van der Waals surface area contributed by atoms with Crippen LogP contribution in [0.25, 0.3) is 0 Å². The number of alkyl halides is 3. The van der Waals surface area contributed by atoms with Crippen molar-refractivity contribution in [2.24, 2.45) is 0 Å². The molecule has 0 aliphatic rings. The number of rotatable bonds is 5. The molecule has 0 saturated heterocycles. The number of benzene rings is 2. The molecule has 5 nitrogen and oxygen atoms in total. The monoisotopic (exact) mass is 428 g/mol. The number of nitrogens with zero attached hydrogens (tertiary/aromatic N) is 1. The second-order valence-electron chi connectivity index (χ2n) is 5.87. The lowest BCUT2D eigenvalue weighted by Crippen LogP contribution is -2.38. The first-order valence-corrected chi connectivity index (χ1v) is 9.59. The van der Waals surface area contributed by atoms with Gasteiger partial charge in [-0.05, 0) is 42.5 Å². The fourth-order valence-corrected chi connectivity index (χ4v) is 3.32. The summed E-state index contributed by atoms with van der Waals surface area (Å²) in [5, 5.41) is 2.36. The Kier molecular flexibility index (Phi) is 7.00. The Hall–Kier alpha value is -2.90. The molecule has 29 heavy (non-hydrogen) atoms. The number of nitrogens with one attached hydrogen (secondary N) is 1. The highest BCUT2D eigenvalue weighted by molar-refractivity contribution is 7.89. The molecular weight excluding hydrogens is 412 g/mol. The van der Waals surface area contributed by atoms with Crippen molar-refractivity contribution in [1.29, 1.82) is 0 Å².